The topological polar surface area (TPSA) is 144 Å². The molecule has 9 nitrogen and oxygen atoms in total. The van der Waals surface area contributed by atoms with E-state index >= 15 is 0 Å². The molecule has 2 amide bonds. The molecule has 0 bridgehead atoms. The van der Waals surface area contributed by atoms with Gasteiger partial charge >= 0.3 is 0 Å². The molecule has 36 heavy (non-hydrogen) atoms. The molecule has 0 aliphatic carbocycles. The minimum Gasteiger partial charge on any atom is -0.370 e. The van der Waals surface area contributed by atoms with Crippen LogP contribution >= 0.6 is 0 Å². The second-order valence-electron chi connectivity index (χ2n) is 8.43. The maximum atomic E-state index is 12.2. The Bertz CT molecular complexity index is 1510. The molecule has 4 rings (SSSR count). The lowest BCUT2D eigenvalue weighted by Gasteiger charge is -2.19. The van der Waals surface area contributed by atoms with E-state index in [1.165, 1.54) is 6.33 Å². The number of sulfone groups is 1. The van der Waals surface area contributed by atoms with Gasteiger partial charge < -0.3 is 16.4 Å². The number of fused-ring (bicyclic) bond motifs is 1. The normalized spacial score (nSPS) is 12.1. The number of rotatable bonds is 9. The summed E-state index contributed by atoms with van der Waals surface area (Å²) in [6.45, 7) is 0. The Morgan fingerprint density at radius 1 is 0.944 bits per heavy atom. The van der Waals surface area contributed by atoms with Crippen LogP contribution < -0.4 is 16.4 Å². The van der Waals surface area contributed by atoms with Crippen LogP contribution in [0.15, 0.2) is 79.1 Å². The van der Waals surface area contributed by atoms with Crippen LogP contribution in [-0.4, -0.2) is 42.2 Å². The van der Waals surface area contributed by atoms with E-state index in [1.54, 1.807) is 18.2 Å². The van der Waals surface area contributed by atoms with E-state index in [0.29, 0.717) is 22.3 Å². The van der Waals surface area contributed by atoms with Gasteiger partial charge in [-0.15, -0.1) is 0 Å². The smallest absolute Gasteiger partial charge is 0.235 e. The summed E-state index contributed by atoms with van der Waals surface area (Å²) in [4.78, 5) is 32.6. The number of primary amides is 1. The first-order chi connectivity index (χ1) is 17.2. The molecule has 4 aromatic rings. The predicted octanol–water partition coefficient (Wildman–Crippen LogP) is 3.12. The zero-order valence-corrected chi connectivity index (χ0v) is 20.3. The number of nitrogens with zero attached hydrogens (tertiary/aromatic N) is 2. The minimum absolute atomic E-state index is 0.196. The van der Waals surface area contributed by atoms with Gasteiger partial charge in [0.1, 0.15) is 17.9 Å². The van der Waals surface area contributed by atoms with E-state index < -0.39 is 33.4 Å². The Morgan fingerprint density at radius 3 is 2.31 bits per heavy atom. The van der Waals surface area contributed by atoms with Crippen molar-refractivity contribution in [2.24, 2.45) is 5.73 Å². The highest BCUT2D eigenvalue weighted by Gasteiger charge is 2.20. The fourth-order valence-corrected chi connectivity index (χ4v) is 4.39. The van der Waals surface area contributed by atoms with Crippen molar-refractivity contribution >= 4 is 44.1 Å². The number of nitrogens with two attached hydrogens (primary N) is 1. The fraction of sp³-hybridized carbons (Fsp3) is 0.154. The second kappa shape index (κ2) is 10.5. The van der Waals surface area contributed by atoms with Gasteiger partial charge in [0, 0.05) is 17.3 Å². The van der Waals surface area contributed by atoms with Crippen molar-refractivity contribution < 1.29 is 18.0 Å². The maximum absolute atomic E-state index is 12.2. The van der Waals surface area contributed by atoms with E-state index in [0.717, 1.165) is 23.1 Å². The van der Waals surface area contributed by atoms with E-state index in [9.17, 15) is 18.0 Å². The standard InChI is InChI=1S/C26H25N5O4S/c1-36(34,35)15-25(33)31-23(14-24(27)32)19-9-12-22-21(13-19)26(29-16-28-22)30-20-10-7-18(8-11-20)17-5-3-2-4-6-17/h2-13,16,23H,14-15H2,1H3,(H2,27,32)(H,31,33)(H,28,29,30). The number of carbonyl (C=O) groups is 2. The number of benzene rings is 3. The predicted molar refractivity (Wildman–Crippen MR) is 139 cm³/mol. The number of aromatic nitrogens is 2. The molecule has 0 saturated heterocycles. The monoisotopic (exact) mass is 503 g/mol. The van der Waals surface area contributed by atoms with Crippen LogP contribution in [0.3, 0.4) is 0 Å². The Kier molecular flexibility index (Phi) is 7.25. The Morgan fingerprint density at radius 2 is 1.64 bits per heavy atom. The van der Waals surface area contributed by atoms with Crippen LogP contribution in [0.25, 0.3) is 22.0 Å². The van der Waals surface area contributed by atoms with Crippen molar-refractivity contribution in [3.63, 3.8) is 0 Å². The third kappa shape index (κ3) is 6.42. The van der Waals surface area contributed by atoms with Gasteiger partial charge in [0.25, 0.3) is 0 Å². The fourth-order valence-electron chi connectivity index (χ4n) is 3.83. The van der Waals surface area contributed by atoms with Crippen LogP contribution in [0.2, 0.25) is 0 Å². The summed E-state index contributed by atoms with van der Waals surface area (Å²) in [6.07, 6.45) is 2.21. The molecule has 1 atom stereocenters. The molecule has 1 aromatic heterocycles. The molecular weight excluding hydrogens is 478 g/mol. The highest BCUT2D eigenvalue weighted by Crippen LogP contribution is 2.28. The first-order valence-electron chi connectivity index (χ1n) is 11.1. The van der Waals surface area contributed by atoms with Gasteiger partial charge in [-0.2, -0.15) is 0 Å². The van der Waals surface area contributed by atoms with Gasteiger partial charge in [-0.25, -0.2) is 18.4 Å². The first-order valence-corrected chi connectivity index (χ1v) is 13.2. The molecule has 0 aliphatic heterocycles. The molecule has 184 valence electrons. The molecular formula is C26H25N5O4S. The maximum Gasteiger partial charge on any atom is 0.235 e. The SMILES string of the molecule is CS(=O)(=O)CC(=O)NC(CC(N)=O)c1ccc2ncnc(Nc3ccc(-c4ccccc4)cc3)c2c1. The third-order valence-electron chi connectivity index (χ3n) is 5.45. The summed E-state index contributed by atoms with van der Waals surface area (Å²) < 4.78 is 23.0. The number of amides is 2. The minimum atomic E-state index is -3.53. The number of carbonyl (C=O) groups excluding carboxylic acids is 2. The van der Waals surface area contributed by atoms with Crippen LogP contribution in [0.1, 0.15) is 18.0 Å². The number of hydrogen-bond donors (Lipinski definition) is 3. The van der Waals surface area contributed by atoms with Crippen molar-refractivity contribution in [3.8, 4) is 11.1 Å². The molecule has 0 fully saturated rings. The molecule has 3 aromatic carbocycles. The Hall–Kier alpha value is -4.31. The number of hydrogen-bond acceptors (Lipinski definition) is 7. The zero-order valence-electron chi connectivity index (χ0n) is 19.5. The highest BCUT2D eigenvalue weighted by molar-refractivity contribution is 7.91. The lowest BCUT2D eigenvalue weighted by molar-refractivity contribution is -0.120. The van der Waals surface area contributed by atoms with Gasteiger partial charge in [-0.1, -0.05) is 48.5 Å². The van der Waals surface area contributed by atoms with Crippen LogP contribution in [0, 0.1) is 0 Å². The lowest BCUT2D eigenvalue weighted by Crippen LogP contribution is -2.35. The van der Waals surface area contributed by atoms with Crippen molar-refractivity contribution in [3.05, 3.63) is 84.7 Å². The van der Waals surface area contributed by atoms with Gasteiger partial charge in [-0.3, -0.25) is 9.59 Å². The Labute approximate surface area is 208 Å². The molecule has 0 aliphatic rings. The molecule has 4 N–H and O–H groups in total. The molecule has 0 spiro atoms. The quantitative estimate of drug-likeness (QED) is 0.318. The van der Waals surface area contributed by atoms with Crippen LogP contribution in [-0.2, 0) is 19.4 Å². The average molecular weight is 504 g/mol. The lowest BCUT2D eigenvalue weighted by atomic mass is 10.0. The summed E-state index contributed by atoms with van der Waals surface area (Å²) in [6, 6.07) is 22.3. The van der Waals surface area contributed by atoms with Gasteiger partial charge in [-0.05, 0) is 41.0 Å². The van der Waals surface area contributed by atoms with E-state index in [1.807, 2.05) is 54.6 Å². The van der Waals surface area contributed by atoms with Crippen LogP contribution in [0.5, 0.6) is 0 Å². The molecule has 1 unspecified atom stereocenters. The van der Waals surface area contributed by atoms with Gasteiger partial charge in [0.2, 0.25) is 11.8 Å². The number of nitrogens with one attached hydrogen (secondary N) is 2. The largest absolute Gasteiger partial charge is 0.370 e. The summed E-state index contributed by atoms with van der Waals surface area (Å²) in [5, 5.41) is 6.55. The molecule has 1 heterocycles. The van der Waals surface area contributed by atoms with Crippen molar-refractivity contribution in [2.75, 3.05) is 17.3 Å². The van der Waals surface area contributed by atoms with E-state index in [2.05, 4.69) is 20.6 Å². The third-order valence-corrected chi connectivity index (χ3v) is 6.24. The van der Waals surface area contributed by atoms with Gasteiger partial charge in [0.05, 0.1) is 18.0 Å². The highest BCUT2D eigenvalue weighted by atomic mass is 32.2. The summed E-state index contributed by atoms with van der Waals surface area (Å²) in [7, 11) is -3.53. The number of anilines is 2. The van der Waals surface area contributed by atoms with Crippen molar-refractivity contribution in [1.29, 1.82) is 0 Å². The van der Waals surface area contributed by atoms with Gasteiger partial charge in [0.15, 0.2) is 9.84 Å². The zero-order chi connectivity index (χ0) is 25.7. The second-order valence-corrected chi connectivity index (χ2v) is 10.6. The molecule has 0 saturated carbocycles. The Balaban J connectivity index is 1.62. The van der Waals surface area contributed by atoms with E-state index in [4.69, 9.17) is 5.73 Å². The molecule has 10 heteroatoms. The van der Waals surface area contributed by atoms with Crippen molar-refractivity contribution in [1.82, 2.24) is 15.3 Å². The summed E-state index contributed by atoms with van der Waals surface area (Å²) in [5.74, 6) is -1.51. The molecule has 0 radical (unpaired) electrons. The average Bonchev–Trinajstić information content (AvgIpc) is 2.83. The summed E-state index contributed by atoms with van der Waals surface area (Å²) >= 11 is 0. The van der Waals surface area contributed by atoms with Crippen LogP contribution in [0.4, 0.5) is 11.5 Å². The van der Waals surface area contributed by atoms with Crippen molar-refractivity contribution in [2.45, 2.75) is 12.5 Å². The first kappa shape index (κ1) is 24.8. The van der Waals surface area contributed by atoms with E-state index in [-0.39, 0.29) is 6.42 Å². The summed E-state index contributed by atoms with van der Waals surface area (Å²) in [5.41, 5.74) is 9.61.